The van der Waals surface area contributed by atoms with Crippen LogP contribution in [-0.4, -0.2) is 18.6 Å². The SMILES string of the molecule is CCNCc1cccc(OCc2cccc(OC)c2)n1. The van der Waals surface area contributed by atoms with Crippen molar-refractivity contribution < 1.29 is 9.47 Å². The van der Waals surface area contributed by atoms with E-state index >= 15 is 0 Å². The van der Waals surface area contributed by atoms with Crippen molar-refractivity contribution in [3.63, 3.8) is 0 Å². The number of benzene rings is 1. The summed E-state index contributed by atoms with van der Waals surface area (Å²) in [4.78, 5) is 4.45. The van der Waals surface area contributed by atoms with Crippen LogP contribution in [0.5, 0.6) is 11.6 Å². The summed E-state index contributed by atoms with van der Waals surface area (Å²) in [6, 6.07) is 13.6. The molecule has 106 valence electrons. The van der Waals surface area contributed by atoms with Crippen LogP contribution in [0.4, 0.5) is 0 Å². The first-order chi connectivity index (χ1) is 9.81. The van der Waals surface area contributed by atoms with Crippen molar-refractivity contribution in [1.82, 2.24) is 10.3 Å². The summed E-state index contributed by atoms with van der Waals surface area (Å²) >= 11 is 0. The van der Waals surface area contributed by atoms with E-state index in [0.717, 1.165) is 30.1 Å². The summed E-state index contributed by atoms with van der Waals surface area (Å²) in [7, 11) is 1.66. The molecule has 1 N–H and O–H groups in total. The zero-order valence-electron chi connectivity index (χ0n) is 11.9. The van der Waals surface area contributed by atoms with E-state index in [1.807, 2.05) is 42.5 Å². The van der Waals surface area contributed by atoms with Crippen LogP contribution in [0.25, 0.3) is 0 Å². The van der Waals surface area contributed by atoms with E-state index in [4.69, 9.17) is 9.47 Å². The molecule has 1 heterocycles. The molecule has 4 nitrogen and oxygen atoms in total. The smallest absolute Gasteiger partial charge is 0.213 e. The minimum Gasteiger partial charge on any atom is -0.497 e. The minimum atomic E-state index is 0.481. The molecule has 0 spiro atoms. The van der Waals surface area contributed by atoms with Crippen molar-refractivity contribution in [2.75, 3.05) is 13.7 Å². The van der Waals surface area contributed by atoms with Crippen LogP contribution < -0.4 is 14.8 Å². The molecule has 20 heavy (non-hydrogen) atoms. The van der Waals surface area contributed by atoms with Crippen LogP contribution in [-0.2, 0) is 13.2 Å². The van der Waals surface area contributed by atoms with Gasteiger partial charge in [-0.1, -0.05) is 25.1 Å². The molecular formula is C16H20N2O2. The van der Waals surface area contributed by atoms with Gasteiger partial charge in [0.1, 0.15) is 12.4 Å². The Bertz CT molecular complexity index is 544. The first-order valence-corrected chi connectivity index (χ1v) is 6.74. The predicted octanol–water partition coefficient (Wildman–Crippen LogP) is 2.78. The third-order valence-corrected chi connectivity index (χ3v) is 2.86. The van der Waals surface area contributed by atoms with Gasteiger partial charge in [0.15, 0.2) is 0 Å². The summed E-state index contributed by atoms with van der Waals surface area (Å²) in [6.45, 7) is 4.24. The molecule has 0 radical (unpaired) electrons. The van der Waals surface area contributed by atoms with Crippen LogP contribution in [0.3, 0.4) is 0 Å². The molecule has 0 atom stereocenters. The number of rotatable bonds is 7. The quantitative estimate of drug-likeness (QED) is 0.841. The van der Waals surface area contributed by atoms with Gasteiger partial charge in [-0.15, -0.1) is 0 Å². The third kappa shape index (κ3) is 4.24. The Kier molecular flexibility index (Phi) is 5.38. The zero-order chi connectivity index (χ0) is 14.2. The number of methoxy groups -OCH3 is 1. The summed E-state index contributed by atoms with van der Waals surface area (Å²) in [5, 5.41) is 3.25. The Labute approximate surface area is 119 Å². The van der Waals surface area contributed by atoms with Crippen molar-refractivity contribution in [3.05, 3.63) is 53.7 Å². The normalized spacial score (nSPS) is 10.3. The third-order valence-electron chi connectivity index (χ3n) is 2.86. The molecule has 0 fully saturated rings. The standard InChI is InChI=1S/C16H20N2O2/c1-3-17-11-14-7-5-9-16(18-14)20-12-13-6-4-8-15(10-13)19-2/h4-10,17H,3,11-12H2,1-2H3. The van der Waals surface area contributed by atoms with Gasteiger partial charge < -0.3 is 14.8 Å². The topological polar surface area (TPSA) is 43.4 Å². The Morgan fingerprint density at radius 2 is 2.00 bits per heavy atom. The molecule has 0 unspecified atom stereocenters. The second kappa shape index (κ2) is 7.50. The Hall–Kier alpha value is -2.07. The van der Waals surface area contributed by atoms with Crippen LogP contribution in [0.2, 0.25) is 0 Å². The molecule has 4 heteroatoms. The van der Waals surface area contributed by atoms with E-state index in [0.29, 0.717) is 12.5 Å². The largest absolute Gasteiger partial charge is 0.497 e. The Morgan fingerprint density at radius 3 is 2.80 bits per heavy atom. The second-order valence-corrected chi connectivity index (χ2v) is 4.39. The van der Waals surface area contributed by atoms with E-state index in [9.17, 15) is 0 Å². The van der Waals surface area contributed by atoms with Crippen molar-refractivity contribution >= 4 is 0 Å². The van der Waals surface area contributed by atoms with Crippen LogP contribution >= 0.6 is 0 Å². The van der Waals surface area contributed by atoms with Gasteiger partial charge in [0.05, 0.1) is 12.8 Å². The molecule has 2 rings (SSSR count). The van der Waals surface area contributed by atoms with E-state index in [-0.39, 0.29) is 0 Å². The number of pyridine rings is 1. The lowest BCUT2D eigenvalue weighted by Crippen LogP contribution is -2.13. The van der Waals surface area contributed by atoms with Gasteiger partial charge in [-0.05, 0) is 30.3 Å². The van der Waals surface area contributed by atoms with Crippen molar-refractivity contribution in [3.8, 4) is 11.6 Å². The molecule has 0 bridgehead atoms. The fourth-order valence-corrected chi connectivity index (χ4v) is 1.81. The highest BCUT2D eigenvalue weighted by molar-refractivity contribution is 5.28. The summed E-state index contributed by atoms with van der Waals surface area (Å²) in [6.07, 6.45) is 0. The fraction of sp³-hybridized carbons (Fsp3) is 0.312. The van der Waals surface area contributed by atoms with Gasteiger partial charge in [-0.25, -0.2) is 4.98 Å². The highest BCUT2D eigenvalue weighted by Crippen LogP contribution is 2.15. The molecule has 0 aliphatic heterocycles. The number of aromatic nitrogens is 1. The van der Waals surface area contributed by atoms with Gasteiger partial charge in [0.25, 0.3) is 0 Å². The minimum absolute atomic E-state index is 0.481. The Balaban J connectivity index is 1.95. The second-order valence-electron chi connectivity index (χ2n) is 4.39. The van der Waals surface area contributed by atoms with Crippen LogP contribution in [0.1, 0.15) is 18.2 Å². The van der Waals surface area contributed by atoms with E-state index in [2.05, 4.69) is 17.2 Å². The lowest BCUT2D eigenvalue weighted by atomic mass is 10.2. The molecule has 2 aromatic rings. The Morgan fingerprint density at radius 1 is 1.15 bits per heavy atom. The van der Waals surface area contributed by atoms with Crippen molar-refractivity contribution in [2.45, 2.75) is 20.1 Å². The van der Waals surface area contributed by atoms with E-state index in [1.165, 1.54) is 0 Å². The van der Waals surface area contributed by atoms with E-state index in [1.54, 1.807) is 7.11 Å². The molecular weight excluding hydrogens is 252 g/mol. The van der Waals surface area contributed by atoms with Crippen molar-refractivity contribution in [1.29, 1.82) is 0 Å². The number of nitrogens with one attached hydrogen (secondary N) is 1. The van der Waals surface area contributed by atoms with Gasteiger partial charge in [0.2, 0.25) is 5.88 Å². The van der Waals surface area contributed by atoms with Gasteiger partial charge in [0, 0.05) is 12.6 Å². The summed E-state index contributed by atoms with van der Waals surface area (Å²) in [5.74, 6) is 1.48. The molecule has 0 aliphatic rings. The average Bonchev–Trinajstić information content (AvgIpc) is 2.51. The molecule has 0 amide bonds. The first kappa shape index (κ1) is 14.3. The molecule has 1 aromatic carbocycles. The summed E-state index contributed by atoms with van der Waals surface area (Å²) < 4.78 is 10.9. The maximum atomic E-state index is 5.72. The van der Waals surface area contributed by atoms with Crippen LogP contribution in [0.15, 0.2) is 42.5 Å². The average molecular weight is 272 g/mol. The molecule has 1 aromatic heterocycles. The number of hydrogen-bond donors (Lipinski definition) is 1. The van der Waals surface area contributed by atoms with Gasteiger partial charge in [-0.2, -0.15) is 0 Å². The monoisotopic (exact) mass is 272 g/mol. The summed E-state index contributed by atoms with van der Waals surface area (Å²) in [5.41, 5.74) is 2.04. The molecule has 0 saturated heterocycles. The highest BCUT2D eigenvalue weighted by atomic mass is 16.5. The van der Waals surface area contributed by atoms with Gasteiger partial charge >= 0.3 is 0 Å². The van der Waals surface area contributed by atoms with E-state index < -0.39 is 0 Å². The zero-order valence-corrected chi connectivity index (χ0v) is 11.9. The van der Waals surface area contributed by atoms with Crippen molar-refractivity contribution in [2.24, 2.45) is 0 Å². The molecule has 0 aliphatic carbocycles. The number of ether oxygens (including phenoxy) is 2. The lowest BCUT2D eigenvalue weighted by molar-refractivity contribution is 0.292. The molecule has 0 saturated carbocycles. The highest BCUT2D eigenvalue weighted by Gasteiger charge is 2.01. The number of hydrogen-bond acceptors (Lipinski definition) is 4. The lowest BCUT2D eigenvalue weighted by Gasteiger charge is -2.08. The van der Waals surface area contributed by atoms with Crippen LogP contribution in [0, 0.1) is 0 Å². The predicted molar refractivity (Wildman–Crippen MR) is 78.9 cm³/mol. The maximum absolute atomic E-state index is 5.72. The van der Waals surface area contributed by atoms with Gasteiger partial charge in [-0.3, -0.25) is 0 Å². The maximum Gasteiger partial charge on any atom is 0.213 e. The fourth-order valence-electron chi connectivity index (χ4n) is 1.81. The number of nitrogens with zero attached hydrogens (tertiary/aromatic N) is 1. The first-order valence-electron chi connectivity index (χ1n) is 6.74.